The predicted octanol–water partition coefficient (Wildman–Crippen LogP) is 1.82. The van der Waals surface area contributed by atoms with Gasteiger partial charge in [-0.2, -0.15) is 0 Å². The van der Waals surface area contributed by atoms with Crippen LogP contribution in [0.1, 0.15) is 32.6 Å². The lowest BCUT2D eigenvalue weighted by atomic mass is 9.97. The fraction of sp³-hybridized carbons (Fsp3) is 1.00. The van der Waals surface area contributed by atoms with E-state index in [2.05, 4.69) is 6.92 Å². The van der Waals surface area contributed by atoms with Crippen molar-refractivity contribution in [1.29, 1.82) is 0 Å². The van der Waals surface area contributed by atoms with Crippen LogP contribution in [-0.2, 0) is 4.74 Å². The van der Waals surface area contributed by atoms with Gasteiger partial charge in [0, 0.05) is 20.3 Å². The summed E-state index contributed by atoms with van der Waals surface area (Å²) in [5.41, 5.74) is 0. The molecule has 0 aromatic carbocycles. The highest BCUT2D eigenvalue weighted by Crippen LogP contribution is 2.14. The van der Waals surface area contributed by atoms with Gasteiger partial charge in [0.05, 0.1) is 0 Å². The van der Waals surface area contributed by atoms with Gasteiger partial charge in [-0.3, -0.25) is 0 Å². The zero-order valence-corrected chi connectivity index (χ0v) is 7.68. The Kier molecular flexibility index (Phi) is 7.96. The van der Waals surface area contributed by atoms with Crippen molar-refractivity contribution in [3.63, 3.8) is 0 Å². The summed E-state index contributed by atoms with van der Waals surface area (Å²) >= 11 is 0. The van der Waals surface area contributed by atoms with Crippen LogP contribution < -0.4 is 0 Å². The lowest BCUT2D eigenvalue weighted by Gasteiger charge is -2.12. The standard InChI is InChI=1S/C9H20O2/c1-3-9(5-4-7-10)6-8-11-2/h9-10H,3-8H2,1-2H3/t9-/m1/s1. The van der Waals surface area contributed by atoms with Crippen LogP contribution in [0.25, 0.3) is 0 Å². The average molecular weight is 160 g/mol. The molecule has 0 radical (unpaired) electrons. The minimum absolute atomic E-state index is 0.323. The first kappa shape index (κ1) is 10.9. The molecule has 0 amide bonds. The van der Waals surface area contributed by atoms with Gasteiger partial charge in [0.15, 0.2) is 0 Å². The Morgan fingerprint density at radius 1 is 1.36 bits per heavy atom. The van der Waals surface area contributed by atoms with Gasteiger partial charge in [-0.1, -0.05) is 13.3 Å². The van der Waals surface area contributed by atoms with E-state index in [1.165, 1.54) is 6.42 Å². The number of aliphatic hydroxyl groups is 1. The molecule has 0 aromatic heterocycles. The second kappa shape index (κ2) is 8.02. The third-order valence-electron chi connectivity index (χ3n) is 2.08. The molecule has 0 fully saturated rings. The first-order valence-corrected chi connectivity index (χ1v) is 4.45. The van der Waals surface area contributed by atoms with E-state index in [-0.39, 0.29) is 0 Å². The van der Waals surface area contributed by atoms with Gasteiger partial charge in [-0.25, -0.2) is 0 Å². The van der Waals surface area contributed by atoms with E-state index in [4.69, 9.17) is 9.84 Å². The summed E-state index contributed by atoms with van der Waals surface area (Å²) in [7, 11) is 1.73. The number of ether oxygens (including phenoxy) is 1. The molecule has 0 aliphatic heterocycles. The van der Waals surface area contributed by atoms with E-state index in [1.54, 1.807) is 7.11 Å². The fourth-order valence-corrected chi connectivity index (χ4v) is 1.22. The smallest absolute Gasteiger partial charge is 0.0464 e. The minimum atomic E-state index is 0.323. The summed E-state index contributed by atoms with van der Waals surface area (Å²) in [5.74, 6) is 0.738. The van der Waals surface area contributed by atoms with Gasteiger partial charge in [0.1, 0.15) is 0 Å². The van der Waals surface area contributed by atoms with Crippen molar-refractivity contribution in [3.05, 3.63) is 0 Å². The molecule has 68 valence electrons. The molecule has 0 unspecified atom stereocenters. The van der Waals surface area contributed by atoms with Crippen molar-refractivity contribution in [2.45, 2.75) is 32.6 Å². The highest BCUT2D eigenvalue weighted by molar-refractivity contribution is 4.56. The Morgan fingerprint density at radius 2 is 2.09 bits per heavy atom. The van der Waals surface area contributed by atoms with E-state index < -0.39 is 0 Å². The van der Waals surface area contributed by atoms with E-state index in [9.17, 15) is 0 Å². The van der Waals surface area contributed by atoms with Crippen LogP contribution in [-0.4, -0.2) is 25.4 Å². The molecule has 0 saturated carbocycles. The molecule has 1 N–H and O–H groups in total. The monoisotopic (exact) mass is 160 g/mol. The molecular weight excluding hydrogens is 140 g/mol. The van der Waals surface area contributed by atoms with Crippen LogP contribution >= 0.6 is 0 Å². The van der Waals surface area contributed by atoms with Crippen LogP contribution in [0.4, 0.5) is 0 Å². The maximum atomic E-state index is 8.60. The van der Waals surface area contributed by atoms with Gasteiger partial charge >= 0.3 is 0 Å². The Labute approximate surface area is 69.6 Å². The molecule has 0 spiro atoms. The molecule has 0 aromatic rings. The van der Waals surface area contributed by atoms with Crippen molar-refractivity contribution in [2.75, 3.05) is 20.3 Å². The first-order valence-electron chi connectivity index (χ1n) is 4.45. The van der Waals surface area contributed by atoms with Gasteiger partial charge < -0.3 is 9.84 Å². The second-order valence-electron chi connectivity index (χ2n) is 2.92. The third kappa shape index (κ3) is 6.32. The van der Waals surface area contributed by atoms with Crippen molar-refractivity contribution in [2.24, 2.45) is 5.92 Å². The lowest BCUT2D eigenvalue weighted by molar-refractivity contribution is 0.170. The van der Waals surface area contributed by atoms with Gasteiger partial charge in [0.2, 0.25) is 0 Å². The van der Waals surface area contributed by atoms with Crippen molar-refractivity contribution in [3.8, 4) is 0 Å². The van der Waals surface area contributed by atoms with E-state index in [0.29, 0.717) is 6.61 Å². The number of aliphatic hydroxyl groups excluding tert-OH is 1. The highest BCUT2D eigenvalue weighted by Gasteiger charge is 2.04. The molecule has 0 rings (SSSR count). The molecule has 0 heterocycles. The van der Waals surface area contributed by atoms with Crippen LogP contribution in [0.5, 0.6) is 0 Å². The first-order chi connectivity index (χ1) is 5.35. The molecule has 1 atom stereocenters. The Balaban J connectivity index is 3.25. The number of rotatable bonds is 7. The van der Waals surface area contributed by atoms with E-state index in [0.717, 1.165) is 31.8 Å². The maximum absolute atomic E-state index is 8.60. The van der Waals surface area contributed by atoms with Gasteiger partial charge in [-0.15, -0.1) is 0 Å². The van der Waals surface area contributed by atoms with Crippen LogP contribution in [0.15, 0.2) is 0 Å². The molecule has 0 bridgehead atoms. The van der Waals surface area contributed by atoms with E-state index in [1.807, 2.05) is 0 Å². The number of hydrogen-bond acceptors (Lipinski definition) is 2. The highest BCUT2D eigenvalue weighted by atomic mass is 16.5. The Morgan fingerprint density at radius 3 is 2.55 bits per heavy atom. The molecule has 11 heavy (non-hydrogen) atoms. The quantitative estimate of drug-likeness (QED) is 0.615. The summed E-state index contributed by atoms with van der Waals surface area (Å²) in [6.07, 6.45) is 4.40. The van der Waals surface area contributed by atoms with Crippen LogP contribution in [0.3, 0.4) is 0 Å². The van der Waals surface area contributed by atoms with Crippen molar-refractivity contribution in [1.82, 2.24) is 0 Å². The molecule has 0 aliphatic rings. The maximum Gasteiger partial charge on any atom is 0.0464 e. The largest absolute Gasteiger partial charge is 0.396 e. The molecular formula is C9H20O2. The minimum Gasteiger partial charge on any atom is -0.396 e. The second-order valence-corrected chi connectivity index (χ2v) is 2.92. The van der Waals surface area contributed by atoms with Gasteiger partial charge in [-0.05, 0) is 25.2 Å². The zero-order valence-electron chi connectivity index (χ0n) is 7.68. The van der Waals surface area contributed by atoms with Crippen LogP contribution in [0, 0.1) is 5.92 Å². The van der Waals surface area contributed by atoms with Crippen molar-refractivity contribution < 1.29 is 9.84 Å². The predicted molar refractivity (Wildman–Crippen MR) is 46.6 cm³/mol. The topological polar surface area (TPSA) is 29.5 Å². The Hall–Kier alpha value is -0.0800. The molecule has 2 nitrogen and oxygen atoms in total. The number of hydrogen-bond donors (Lipinski definition) is 1. The summed E-state index contributed by atoms with van der Waals surface area (Å²) in [5, 5.41) is 8.60. The van der Waals surface area contributed by atoms with Crippen LogP contribution in [0.2, 0.25) is 0 Å². The third-order valence-corrected chi connectivity index (χ3v) is 2.08. The van der Waals surface area contributed by atoms with Gasteiger partial charge in [0.25, 0.3) is 0 Å². The summed E-state index contributed by atoms with van der Waals surface area (Å²) < 4.78 is 4.99. The Bertz CT molecular complexity index is 66.0. The number of methoxy groups -OCH3 is 1. The lowest BCUT2D eigenvalue weighted by Crippen LogP contribution is -2.04. The normalized spacial score (nSPS) is 13.4. The average Bonchev–Trinajstić information content (AvgIpc) is 2.05. The zero-order chi connectivity index (χ0) is 8.53. The molecule has 0 aliphatic carbocycles. The molecule has 0 saturated heterocycles. The summed E-state index contributed by atoms with van der Waals surface area (Å²) in [6, 6.07) is 0. The summed E-state index contributed by atoms with van der Waals surface area (Å²) in [6.45, 7) is 3.37. The fourth-order valence-electron chi connectivity index (χ4n) is 1.22. The van der Waals surface area contributed by atoms with E-state index >= 15 is 0 Å². The van der Waals surface area contributed by atoms with Crippen molar-refractivity contribution >= 4 is 0 Å². The summed E-state index contributed by atoms with van der Waals surface area (Å²) in [4.78, 5) is 0. The SMILES string of the molecule is CC[C@H](CCCO)CCOC. The molecule has 2 heteroatoms.